The molecule has 0 radical (unpaired) electrons. The Labute approximate surface area is 154 Å². The molecule has 2 amide bonds. The maximum Gasteiger partial charge on any atom is 0.408 e. The Morgan fingerprint density at radius 3 is 2.31 bits per heavy atom. The van der Waals surface area contributed by atoms with Crippen LogP contribution in [0.15, 0.2) is 30.3 Å². The minimum atomic E-state index is -1.09. The molecule has 0 aromatic heterocycles. The normalized spacial score (nSPS) is 14.0. The van der Waals surface area contributed by atoms with E-state index in [4.69, 9.17) is 4.74 Å². The monoisotopic (exact) mass is 364 g/mol. The van der Waals surface area contributed by atoms with Gasteiger partial charge in [-0.25, -0.2) is 9.59 Å². The average Bonchev–Trinajstić information content (AvgIpc) is 2.64. The number of hydrogen-bond donors (Lipinski definition) is 3. The zero-order chi connectivity index (χ0) is 19.5. The number of carboxylic acids is 1. The summed E-state index contributed by atoms with van der Waals surface area (Å²) >= 11 is 0. The molecular weight excluding hydrogens is 336 g/mol. The van der Waals surface area contributed by atoms with Crippen molar-refractivity contribution in [2.75, 3.05) is 0 Å². The second-order valence-electron chi connectivity index (χ2n) is 6.26. The van der Waals surface area contributed by atoms with E-state index in [2.05, 4.69) is 10.6 Å². The highest BCUT2D eigenvalue weighted by Crippen LogP contribution is 2.10. The predicted octanol–water partition coefficient (Wildman–Crippen LogP) is 2.70. The first-order valence-electron chi connectivity index (χ1n) is 8.89. The van der Waals surface area contributed by atoms with E-state index in [0.717, 1.165) is 5.56 Å². The zero-order valence-corrected chi connectivity index (χ0v) is 15.5. The van der Waals surface area contributed by atoms with E-state index in [9.17, 15) is 19.5 Å². The van der Waals surface area contributed by atoms with Gasteiger partial charge in [-0.15, -0.1) is 0 Å². The Morgan fingerprint density at radius 2 is 1.77 bits per heavy atom. The maximum atomic E-state index is 12.5. The molecule has 144 valence electrons. The summed E-state index contributed by atoms with van der Waals surface area (Å²) < 4.78 is 5.16. The van der Waals surface area contributed by atoms with Gasteiger partial charge in [-0.3, -0.25) is 4.79 Å². The van der Waals surface area contributed by atoms with Gasteiger partial charge in [-0.05, 0) is 17.9 Å². The first-order chi connectivity index (χ1) is 12.4. The van der Waals surface area contributed by atoms with Gasteiger partial charge in [0.15, 0.2) is 0 Å². The smallest absolute Gasteiger partial charge is 0.408 e. The van der Waals surface area contributed by atoms with E-state index in [-0.39, 0.29) is 12.5 Å². The van der Waals surface area contributed by atoms with Crippen LogP contribution in [0.2, 0.25) is 0 Å². The molecule has 0 aliphatic carbocycles. The molecule has 3 atom stereocenters. The van der Waals surface area contributed by atoms with Crippen LogP contribution in [0.25, 0.3) is 0 Å². The summed E-state index contributed by atoms with van der Waals surface area (Å²) in [7, 11) is 0. The second kappa shape index (κ2) is 11.1. The number of carbonyl (C=O) groups is 3. The van der Waals surface area contributed by atoms with Crippen LogP contribution in [0.3, 0.4) is 0 Å². The molecule has 0 spiro atoms. The van der Waals surface area contributed by atoms with Gasteiger partial charge in [-0.2, -0.15) is 0 Å². The summed E-state index contributed by atoms with van der Waals surface area (Å²) in [5.41, 5.74) is 0.834. The summed E-state index contributed by atoms with van der Waals surface area (Å²) in [6.07, 6.45) is 0.879. The molecule has 3 N–H and O–H groups in total. The van der Waals surface area contributed by atoms with Gasteiger partial charge in [0.05, 0.1) is 0 Å². The Bertz CT molecular complexity index is 591. The van der Waals surface area contributed by atoms with E-state index >= 15 is 0 Å². The number of carboxylic acid groups (broad SMARTS) is 1. The molecule has 7 heteroatoms. The van der Waals surface area contributed by atoms with E-state index in [1.807, 2.05) is 51.1 Å². The largest absolute Gasteiger partial charge is 0.480 e. The van der Waals surface area contributed by atoms with Crippen molar-refractivity contribution in [1.29, 1.82) is 0 Å². The van der Waals surface area contributed by atoms with Crippen molar-refractivity contribution in [3.8, 4) is 0 Å². The fourth-order valence-electron chi connectivity index (χ4n) is 2.40. The van der Waals surface area contributed by atoms with Crippen molar-refractivity contribution in [2.45, 2.75) is 58.7 Å². The number of amides is 2. The standard InChI is InChI=1S/C19H28N2O5/c1-4-9-15(18(23)24)20-17(22)16(13(3)5-2)21-19(25)26-12-14-10-7-6-8-11-14/h6-8,10-11,13,15-16H,4-5,9,12H2,1-3H3,(H,20,22)(H,21,25)(H,23,24)/t13-,15+,16+/m1/s1. The molecule has 1 aromatic rings. The van der Waals surface area contributed by atoms with Crippen LogP contribution in [-0.2, 0) is 20.9 Å². The van der Waals surface area contributed by atoms with E-state index in [0.29, 0.717) is 19.3 Å². The molecular formula is C19H28N2O5. The average molecular weight is 364 g/mol. The van der Waals surface area contributed by atoms with E-state index in [1.54, 1.807) is 0 Å². The Hall–Kier alpha value is -2.57. The quantitative estimate of drug-likeness (QED) is 0.592. The molecule has 0 aliphatic heterocycles. The van der Waals surface area contributed by atoms with Crippen LogP contribution >= 0.6 is 0 Å². The van der Waals surface area contributed by atoms with Gasteiger partial charge in [-0.1, -0.05) is 63.9 Å². The first kappa shape index (κ1) is 21.5. The third-order valence-electron chi connectivity index (χ3n) is 4.17. The minimum Gasteiger partial charge on any atom is -0.480 e. The number of ether oxygens (including phenoxy) is 1. The molecule has 0 fully saturated rings. The lowest BCUT2D eigenvalue weighted by Gasteiger charge is -2.25. The minimum absolute atomic E-state index is 0.0924. The summed E-state index contributed by atoms with van der Waals surface area (Å²) in [6.45, 7) is 5.64. The molecule has 1 rings (SSSR count). The van der Waals surface area contributed by atoms with Crippen molar-refractivity contribution in [3.05, 3.63) is 35.9 Å². The van der Waals surface area contributed by atoms with Gasteiger partial charge in [0.1, 0.15) is 18.7 Å². The fourth-order valence-corrected chi connectivity index (χ4v) is 2.40. The number of alkyl carbamates (subject to hydrolysis) is 1. The molecule has 26 heavy (non-hydrogen) atoms. The number of carbonyl (C=O) groups excluding carboxylic acids is 2. The van der Waals surface area contributed by atoms with Crippen LogP contribution in [0, 0.1) is 5.92 Å². The van der Waals surface area contributed by atoms with Gasteiger partial charge >= 0.3 is 12.1 Å². The summed E-state index contributed by atoms with van der Waals surface area (Å²) in [4.78, 5) is 35.8. The molecule has 0 saturated carbocycles. The summed E-state index contributed by atoms with van der Waals surface area (Å²) in [5, 5.41) is 14.3. The van der Waals surface area contributed by atoms with Crippen LogP contribution in [0.4, 0.5) is 4.79 Å². The van der Waals surface area contributed by atoms with Crippen LogP contribution < -0.4 is 10.6 Å². The van der Waals surface area contributed by atoms with Crippen LogP contribution in [-0.4, -0.2) is 35.2 Å². The molecule has 7 nitrogen and oxygen atoms in total. The predicted molar refractivity (Wildman–Crippen MR) is 97.5 cm³/mol. The topological polar surface area (TPSA) is 105 Å². The molecule has 0 unspecified atom stereocenters. The van der Waals surface area contributed by atoms with Gasteiger partial charge in [0, 0.05) is 0 Å². The summed E-state index contributed by atoms with van der Waals surface area (Å²) in [6, 6.07) is 7.37. The lowest BCUT2D eigenvalue weighted by Crippen LogP contribution is -2.54. The van der Waals surface area contributed by atoms with E-state index < -0.39 is 30.1 Å². The molecule has 0 aliphatic rings. The summed E-state index contributed by atoms with van der Waals surface area (Å²) in [5.74, 6) is -1.78. The van der Waals surface area contributed by atoms with Gasteiger partial charge in [0.25, 0.3) is 0 Å². The van der Waals surface area contributed by atoms with Gasteiger partial charge < -0.3 is 20.5 Å². The third kappa shape index (κ3) is 7.13. The van der Waals surface area contributed by atoms with Crippen LogP contribution in [0.1, 0.15) is 45.6 Å². The van der Waals surface area contributed by atoms with E-state index in [1.165, 1.54) is 0 Å². The first-order valence-corrected chi connectivity index (χ1v) is 8.89. The second-order valence-corrected chi connectivity index (χ2v) is 6.26. The number of nitrogens with one attached hydrogen (secondary N) is 2. The highest BCUT2D eigenvalue weighted by molar-refractivity contribution is 5.89. The number of rotatable bonds is 10. The Kier molecular flexibility index (Phi) is 9.19. The van der Waals surface area contributed by atoms with Crippen LogP contribution in [0.5, 0.6) is 0 Å². The van der Waals surface area contributed by atoms with Crippen molar-refractivity contribution < 1.29 is 24.2 Å². The molecule has 0 bridgehead atoms. The van der Waals surface area contributed by atoms with Crippen molar-refractivity contribution in [1.82, 2.24) is 10.6 Å². The molecule has 0 saturated heterocycles. The molecule has 1 aromatic carbocycles. The Balaban J connectivity index is 2.68. The lowest BCUT2D eigenvalue weighted by atomic mass is 9.98. The highest BCUT2D eigenvalue weighted by atomic mass is 16.5. The highest BCUT2D eigenvalue weighted by Gasteiger charge is 2.29. The number of aliphatic carboxylic acids is 1. The third-order valence-corrected chi connectivity index (χ3v) is 4.17. The maximum absolute atomic E-state index is 12.5. The van der Waals surface area contributed by atoms with Crippen molar-refractivity contribution >= 4 is 18.0 Å². The fraction of sp³-hybridized carbons (Fsp3) is 0.526. The zero-order valence-electron chi connectivity index (χ0n) is 15.5. The molecule has 0 heterocycles. The van der Waals surface area contributed by atoms with Crippen molar-refractivity contribution in [3.63, 3.8) is 0 Å². The lowest BCUT2D eigenvalue weighted by molar-refractivity contribution is -0.142. The van der Waals surface area contributed by atoms with Crippen molar-refractivity contribution in [2.24, 2.45) is 5.92 Å². The van der Waals surface area contributed by atoms with Gasteiger partial charge in [0.2, 0.25) is 5.91 Å². The Morgan fingerprint density at radius 1 is 1.12 bits per heavy atom. The SMILES string of the molecule is CCC[C@H](NC(=O)[C@@H](NC(=O)OCc1ccccc1)[C@H](C)CC)C(=O)O. The number of hydrogen-bond acceptors (Lipinski definition) is 4. The number of benzene rings is 1.